The first-order valence-electron chi connectivity index (χ1n) is 6.31. The van der Waals surface area contributed by atoms with Gasteiger partial charge in [-0.3, -0.25) is 0 Å². The van der Waals surface area contributed by atoms with Crippen molar-refractivity contribution in [2.45, 2.75) is 37.2 Å². The Balaban J connectivity index is 2.29. The number of hydrogen-bond acceptors (Lipinski definition) is 3. The van der Waals surface area contributed by atoms with Crippen LogP contribution in [0.4, 0.5) is 0 Å². The Morgan fingerprint density at radius 1 is 1.44 bits per heavy atom. The fourth-order valence-corrected chi connectivity index (χ4v) is 3.80. The number of aliphatic hydroxyl groups excluding tert-OH is 1. The summed E-state index contributed by atoms with van der Waals surface area (Å²) < 4.78 is 26.2. The number of β-amino-alcohol motifs (C(OH)–C–C–N with tert-alkyl or cyclic N) is 1. The highest BCUT2D eigenvalue weighted by atomic mass is 32.2. The molecule has 18 heavy (non-hydrogen) atoms. The van der Waals surface area contributed by atoms with Gasteiger partial charge in [-0.25, -0.2) is 8.42 Å². The summed E-state index contributed by atoms with van der Waals surface area (Å²) in [5.41, 5.74) is 1.01. The third-order valence-corrected chi connectivity index (χ3v) is 5.16. The van der Waals surface area contributed by atoms with Crippen molar-refractivity contribution >= 4 is 10.0 Å². The highest BCUT2D eigenvalue weighted by molar-refractivity contribution is 7.89. The number of piperidine rings is 1. The van der Waals surface area contributed by atoms with Gasteiger partial charge in [-0.2, -0.15) is 4.31 Å². The number of rotatable bonds is 3. The van der Waals surface area contributed by atoms with E-state index < -0.39 is 16.1 Å². The predicted octanol–water partition coefficient (Wildman–Crippen LogP) is 1.39. The quantitative estimate of drug-likeness (QED) is 0.902. The van der Waals surface area contributed by atoms with Crippen molar-refractivity contribution in [3.63, 3.8) is 0 Å². The second-order valence-corrected chi connectivity index (χ2v) is 6.60. The van der Waals surface area contributed by atoms with Crippen molar-refractivity contribution in [1.82, 2.24) is 4.31 Å². The minimum Gasteiger partial charge on any atom is -0.392 e. The molecule has 4 nitrogen and oxygen atoms in total. The predicted molar refractivity (Wildman–Crippen MR) is 69.8 cm³/mol. The van der Waals surface area contributed by atoms with Crippen LogP contribution in [-0.2, 0) is 16.4 Å². The van der Waals surface area contributed by atoms with Gasteiger partial charge in [0.15, 0.2) is 0 Å². The van der Waals surface area contributed by atoms with Crippen LogP contribution < -0.4 is 0 Å². The van der Waals surface area contributed by atoms with E-state index in [1.54, 1.807) is 18.2 Å². The molecule has 1 aliphatic heterocycles. The summed E-state index contributed by atoms with van der Waals surface area (Å²) in [6, 6.07) is 7.03. The van der Waals surface area contributed by atoms with Gasteiger partial charge in [-0.05, 0) is 37.0 Å². The highest BCUT2D eigenvalue weighted by Gasteiger charge is 2.29. The zero-order valence-corrected chi connectivity index (χ0v) is 11.4. The number of nitrogens with zero attached hydrogens (tertiary/aromatic N) is 1. The fourth-order valence-electron chi connectivity index (χ4n) is 2.21. The van der Waals surface area contributed by atoms with Crippen LogP contribution in [0.2, 0.25) is 0 Å². The zero-order chi connectivity index (χ0) is 13.2. The number of aryl methyl sites for hydroxylation is 1. The minimum absolute atomic E-state index is 0.207. The summed E-state index contributed by atoms with van der Waals surface area (Å²) in [5.74, 6) is 0. The summed E-state index contributed by atoms with van der Waals surface area (Å²) in [6.45, 7) is 2.70. The Morgan fingerprint density at radius 2 is 2.22 bits per heavy atom. The maximum atomic E-state index is 12.4. The van der Waals surface area contributed by atoms with Crippen LogP contribution >= 0.6 is 0 Å². The molecule has 0 radical (unpaired) electrons. The molecule has 1 aromatic rings. The summed E-state index contributed by atoms with van der Waals surface area (Å²) in [4.78, 5) is 0.330. The average molecular weight is 269 g/mol. The Labute approximate surface area is 108 Å². The van der Waals surface area contributed by atoms with Crippen LogP contribution in [0.25, 0.3) is 0 Å². The Bertz CT molecular complexity index is 513. The van der Waals surface area contributed by atoms with Crippen LogP contribution in [0, 0.1) is 0 Å². The molecular weight excluding hydrogens is 250 g/mol. The second-order valence-electron chi connectivity index (χ2n) is 4.66. The molecule has 100 valence electrons. The molecule has 1 saturated heterocycles. The number of aliphatic hydroxyl groups is 1. The molecule has 2 rings (SSSR count). The van der Waals surface area contributed by atoms with E-state index in [9.17, 15) is 13.5 Å². The van der Waals surface area contributed by atoms with E-state index in [2.05, 4.69) is 0 Å². The maximum absolute atomic E-state index is 12.4. The van der Waals surface area contributed by atoms with Gasteiger partial charge < -0.3 is 5.11 Å². The SMILES string of the molecule is CCc1cccc(S(=O)(=O)N2CCC[C@@H](O)C2)c1. The molecular formula is C13H19NO3S. The first-order valence-corrected chi connectivity index (χ1v) is 7.75. The molecule has 1 aliphatic rings. The zero-order valence-electron chi connectivity index (χ0n) is 10.5. The lowest BCUT2D eigenvalue weighted by molar-refractivity contribution is 0.108. The van der Waals surface area contributed by atoms with Crippen molar-refractivity contribution in [2.75, 3.05) is 13.1 Å². The molecule has 1 fully saturated rings. The van der Waals surface area contributed by atoms with Crippen molar-refractivity contribution in [3.8, 4) is 0 Å². The molecule has 5 heteroatoms. The molecule has 1 atom stereocenters. The van der Waals surface area contributed by atoms with E-state index in [4.69, 9.17) is 0 Å². The fraction of sp³-hybridized carbons (Fsp3) is 0.538. The Morgan fingerprint density at radius 3 is 2.89 bits per heavy atom. The van der Waals surface area contributed by atoms with Gasteiger partial charge in [-0.1, -0.05) is 19.1 Å². The second kappa shape index (κ2) is 5.38. The molecule has 1 N–H and O–H groups in total. The van der Waals surface area contributed by atoms with Gasteiger partial charge in [0.05, 0.1) is 11.0 Å². The molecule has 0 saturated carbocycles. The Hall–Kier alpha value is -0.910. The molecule has 0 bridgehead atoms. The lowest BCUT2D eigenvalue weighted by Crippen LogP contribution is -2.42. The van der Waals surface area contributed by atoms with Crippen molar-refractivity contribution in [1.29, 1.82) is 0 Å². The summed E-state index contributed by atoms with van der Waals surface area (Å²) in [5, 5.41) is 9.58. The molecule has 0 aliphatic carbocycles. The van der Waals surface area contributed by atoms with E-state index in [0.717, 1.165) is 12.0 Å². The normalized spacial score (nSPS) is 22.0. The Kier molecular flexibility index (Phi) is 4.04. The van der Waals surface area contributed by atoms with Crippen LogP contribution in [0.15, 0.2) is 29.2 Å². The van der Waals surface area contributed by atoms with E-state index in [-0.39, 0.29) is 6.54 Å². The lowest BCUT2D eigenvalue weighted by Gasteiger charge is -2.29. The first kappa shape index (κ1) is 13.5. The lowest BCUT2D eigenvalue weighted by atomic mass is 10.1. The van der Waals surface area contributed by atoms with E-state index >= 15 is 0 Å². The van der Waals surface area contributed by atoms with Crippen molar-refractivity contribution in [2.24, 2.45) is 0 Å². The largest absolute Gasteiger partial charge is 0.392 e. The topological polar surface area (TPSA) is 57.6 Å². The number of hydrogen-bond donors (Lipinski definition) is 1. The van der Waals surface area contributed by atoms with Crippen molar-refractivity contribution < 1.29 is 13.5 Å². The van der Waals surface area contributed by atoms with Crippen LogP contribution in [0.3, 0.4) is 0 Å². The van der Waals surface area contributed by atoms with E-state index in [0.29, 0.717) is 24.3 Å². The molecule has 0 amide bonds. The van der Waals surface area contributed by atoms with E-state index in [1.807, 2.05) is 13.0 Å². The standard InChI is InChI=1S/C13H19NO3S/c1-2-11-5-3-7-13(9-11)18(16,17)14-8-4-6-12(15)10-14/h3,5,7,9,12,15H,2,4,6,8,10H2,1H3/t12-/m1/s1. The molecule has 0 unspecified atom stereocenters. The van der Waals surface area contributed by atoms with Crippen LogP contribution in [0.1, 0.15) is 25.3 Å². The summed E-state index contributed by atoms with van der Waals surface area (Å²) in [6.07, 6.45) is 1.67. The molecule has 1 heterocycles. The van der Waals surface area contributed by atoms with Gasteiger partial charge in [-0.15, -0.1) is 0 Å². The smallest absolute Gasteiger partial charge is 0.243 e. The maximum Gasteiger partial charge on any atom is 0.243 e. The monoisotopic (exact) mass is 269 g/mol. The van der Waals surface area contributed by atoms with Crippen LogP contribution in [0.5, 0.6) is 0 Å². The molecule has 1 aromatic carbocycles. The average Bonchev–Trinajstić information content (AvgIpc) is 2.39. The number of benzene rings is 1. The van der Waals surface area contributed by atoms with Gasteiger partial charge >= 0.3 is 0 Å². The van der Waals surface area contributed by atoms with Gasteiger partial charge in [0.25, 0.3) is 0 Å². The first-order chi connectivity index (χ1) is 8.54. The van der Waals surface area contributed by atoms with E-state index in [1.165, 1.54) is 4.31 Å². The highest BCUT2D eigenvalue weighted by Crippen LogP contribution is 2.21. The summed E-state index contributed by atoms with van der Waals surface area (Å²) in [7, 11) is -3.45. The minimum atomic E-state index is -3.45. The van der Waals surface area contributed by atoms with Gasteiger partial charge in [0.1, 0.15) is 0 Å². The number of sulfonamides is 1. The third-order valence-electron chi connectivity index (χ3n) is 3.30. The third kappa shape index (κ3) is 2.74. The van der Waals surface area contributed by atoms with Gasteiger partial charge in [0, 0.05) is 13.1 Å². The van der Waals surface area contributed by atoms with Crippen molar-refractivity contribution in [3.05, 3.63) is 29.8 Å². The molecule has 0 aromatic heterocycles. The van der Waals surface area contributed by atoms with Crippen LogP contribution in [-0.4, -0.2) is 37.0 Å². The summed E-state index contributed by atoms with van der Waals surface area (Å²) >= 11 is 0. The molecule has 0 spiro atoms. The van der Waals surface area contributed by atoms with Gasteiger partial charge in [0.2, 0.25) is 10.0 Å².